The summed E-state index contributed by atoms with van der Waals surface area (Å²) in [6.45, 7) is 5.00. The molecule has 0 saturated heterocycles. The lowest BCUT2D eigenvalue weighted by molar-refractivity contribution is -0.204. The highest BCUT2D eigenvalue weighted by atomic mass is 19.4. The van der Waals surface area contributed by atoms with Gasteiger partial charge in [0.2, 0.25) is 0 Å². The summed E-state index contributed by atoms with van der Waals surface area (Å²) >= 11 is 0. The summed E-state index contributed by atoms with van der Waals surface area (Å²) in [5.74, 6) is 0.00734. The maximum absolute atomic E-state index is 12.4. The highest BCUT2D eigenvalue weighted by Gasteiger charge is 2.42. The lowest BCUT2D eigenvalue weighted by Gasteiger charge is -2.21. The number of aromatic nitrogens is 4. The highest BCUT2D eigenvalue weighted by molar-refractivity contribution is 5.92. The molecule has 0 aliphatic rings. The molecule has 3 rings (SSSR count). The first-order valence-electron chi connectivity index (χ1n) is 10.7. The van der Waals surface area contributed by atoms with Gasteiger partial charge >= 0.3 is 12.4 Å². The average molecular weight is 506 g/mol. The molecule has 0 saturated carbocycles. The van der Waals surface area contributed by atoms with Crippen LogP contribution in [0.25, 0.3) is 11.0 Å². The normalized spacial score (nSPS) is 13.3. The van der Waals surface area contributed by atoms with Crippen molar-refractivity contribution in [3.8, 4) is 0 Å². The Morgan fingerprint density at radius 3 is 2.31 bits per heavy atom. The van der Waals surface area contributed by atoms with Gasteiger partial charge in [0.25, 0.3) is 5.91 Å². The first kappa shape index (κ1) is 28.1. The van der Waals surface area contributed by atoms with Gasteiger partial charge in [-0.2, -0.15) is 31.4 Å². The number of nitrogens with zero attached hydrogens (tertiary/aromatic N) is 3. The van der Waals surface area contributed by atoms with Crippen LogP contribution in [-0.2, 0) is 13.1 Å². The van der Waals surface area contributed by atoms with Crippen LogP contribution in [0, 0.1) is 5.41 Å². The van der Waals surface area contributed by atoms with Gasteiger partial charge in [-0.1, -0.05) is 26.8 Å². The Morgan fingerprint density at radius 1 is 1.14 bits per heavy atom. The van der Waals surface area contributed by atoms with Crippen LogP contribution in [0.4, 0.5) is 26.3 Å². The minimum Gasteiger partial charge on any atom is -0.343 e. The highest BCUT2D eigenvalue weighted by Crippen LogP contribution is 2.36. The third-order valence-corrected chi connectivity index (χ3v) is 4.90. The van der Waals surface area contributed by atoms with Gasteiger partial charge in [-0.15, -0.1) is 0 Å². The van der Waals surface area contributed by atoms with E-state index in [0.29, 0.717) is 5.82 Å². The van der Waals surface area contributed by atoms with Crippen LogP contribution >= 0.6 is 0 Å². The number of halogens is 6. The summed E-state index contributed by atoms with van der Waals surface area (Å²) in [5.41, 5.74) is 6.85. The van der Waals surface area contributed by atoms with Crippen molar-refractivity contribution >= 4 is 16.9 Å². The number of alkyl halides is 6. The number of nitrogens with two attached hydrogens (primary N) is 1. The Balaban J connectivity index is 0.000000466. The van der Waals surface area contributed by atoms with E-state index >= 15 is 0 Å². The number of imidazole rings is 1. The average Bonchev–Trinajstić information content (AvgIpc) is 3.34. The molecular weight excluding hydrogens is 478 g/mol. The number of amides is 1. The van der Waals surface area contributed by atoms with E-state index in [1.54, 1.807) is 0 Å². The van der Waals surface area contributed by atoms with Crippen molar-refractivity contribution in [2.24, 2.45) is 11.1 Å². The molecule has 1 aromatic carbocycles. The maximum atomic E-state index is 12.4. The van der Waals surface area contributed by atoms with E-state index < -0.39 is 36.6 Å². The van der Waals surface area contributed by atoms with Gasteiger partial charge in [-0.25, -0.2) is 4.98 Å². The molecule has 1 atom stereocenters. The van der Waals surface area contributed by atoms with Gasteiger partial charge in [0.05, 0.1) is 36.0 Å². The molecule has 2 heterocycles. The second kappa shape index (κ2) is 10.7. The Labute approximate surface area is 198 Å². The SMILES string of the molecule is CC(C)(C)C(F)(F)F.CC(N)c1ccc2nc(CNC(=O)c3ccnn3CCC(F)(F)F)[nH]c2c1. The number of aryl methyl sites for hydroxylation is 1. The molecule has 1 unspecified atom stereocenters. The smallest absolute Gasteiger partial charge is 0.343 e. The quantitative estimate of drug-likeness (QED) is 0.397. The van der Waals surface area contributed by atoms with Crippen LogP contribution < -0.4 is 11.1 Å². The molecule has 194 valence electrons. The number of carbonyl (C=O) groups is 1. The molecule has 2 aromatic heterocycles. The number of rotatable bonds is 6. The number of hydrogen-bond donors (Lipinski definition) is 3. The van der Waals surface area contributed by atoms with Crippen LogP contribution in [0.2, 0.25) is 0 Å². The zero-order valence-corrected chi connectivity index (χ0v) is 19.7. The zero-order valence-electron chi connectivity index (χ0n) is 19.7. The molecular formula is C22H28F6N6O. The number of fused-ring (bicyclic) bond motifs is 1. The predicted molar refractivity (Wildman–Crippen MR) is 118 cm³/mol. The van der Waals surface area contributed by atoms with E-state index in [9.17, 15) is 31.1 Å². The van der Waals surface area contributed by atoms with E-state index in [1.165, 1.54) is 12.3 Å². The summed E-state index contributed by atoms with van der Waals surface area (Å²) in [5, 5.41) is 6.41. The lowest BCUT2D eigenvalue weighted by atomic mass is 9.96. The first-order valence-corrected chi connectivity index (χ1v) is 10.7. The largest absolute Gasteiger partial charge is 0.393 e. The standard InChI is InChI=1S/C17H19F3N6O.C5H9F3/c1-10(21)11-2-3-12-13(8-11)25-15(24-12)9-22-16(27)14-4-6-23-26(14)7-5-17(18,19)20;1-4(2,3)5(6,7)8/h2-4,6,8,10H,5,7,9,21H2,1H3,(H,22,27)(H,24,25);1-3H3. The molecule has 1 amide bonds. The molecule has 0 aliphatic heterocycles. The van der Waals surface area contributed by atoms with Crippen molar-refractivity contribution in [1.82, 2.24) is 25.1 Å². The van der Waals surface area contributed by atoms with Gasteiger partial charge in [-0.05, 0) is 30.7 Å². The van der Waals surface area contributed by atoms with Crippen molar-refractivity contribution in [2.75, 3.05) is 0 Å². The van der Waals surface area contributed by atoms with Crippen molar-refractivity contribution in [1.29, 1.82) is 0 Å². The van der Waals surface area contributed by atoms with Crippen LogP contribution in [-0.4, -0.2) is 38.0 Å². The van der Waals surface area contributed by atoms with Crippen molar-refractivity contribution in [2.45, 2.75) is 65.6 Å². The molecule has 7 nitrogen and oxygen atoms in total. The third-order valence-electron chi connectivity index (χ3n) is 4.90. The van der Waals surface area contributed by atoms with E-state index in [1.807, 2.05) is 25.1 Å². The summed E-state index contributed by atoms with van der Waals surface area (Å²) in [7, 11) is 0. The van der Waals surface area contributed by atoms with Crippen molar-refractivity contribution < 1.29 is 31.1 Å². The van der Waals surface area contributed by atoms with E-state index in [0.717, 1.165) is 42.0 Å². The number of hydrogen-bond acceptors (Lipinski definition) is 4. The van der Waals surface area contributed by atoms with Crippen molar-refractivity contribution in [3.05, 3.63) is 47.5 Å². The molecule has 35 heavy (non-hydrogen) atoms. The molecule has 13 heteroatoms. The topological polar surface area (TPSA) is 102 Å². The summed E-state index contributed by atoms with van der Waals surface area (Å²) in [6.07, 6.45) is -8.14. The van der Waals surface area contributed by atoms with Crippen LogP contribution in [0.1, 0.15) is 62.0 Å². The van der Waals surface area contributed by atoms with Crippen LogP contribution in [0.15, 0.2) is 30.5 Å². The van der Waals surface area contributed by atoms with Gasteiger partial charge in [0.15, 0.2) is 0 Å². The number of aromatic amines is 1. The first-order chi connectivity index (χ1) is 16.0. The minimum absolute atomic E-state index is 0.0644. The van der Waals surface area contributed by atoms with E-state index in [2.05, 4.69) is 20.4 Å². The van der Waals surface area contributed by atoms with E-state index in [4.69, 9.17) is 5.73 Å². The molecule has 0 spiro atoms. The second-order valence-corrected chi connectivity index (χ2v) is 8.98. The molecule has 0 radical (unpaired) electrons. The number of benzene rings is 1. The summed E-state index contributed by atoms with van der Waals surface area (Å²) < 4.78 is 72.8. The molecule has 3 aromatic rings. The summed E-state index contributed by atoms with van der Waals surface area (Å²) in [6, 6.07) is 6.87. The number of H-pyrrole nitrogens is 1. The van der Waals surface area contributed by atoms with Gasteiger partial charge < -0.3 is 16.0 Å². The lowest BCUT2D eigenvalue weighted by Crippen LogP contribution is -2.28. The fourth-order valence-corrected chi connectivity index (χ4v) is 2.64. The van der Waals surface area contributed by atoms with Gasteiger partial charge in [0.1, 0.15) is 11.5 Å². The molecule has 0 fully saturated rings. The van der Waals surface area contributed by atoms with Gasteiger partial charge in [0, 0.05) is 12.2 Å². The maximum Gasteiger partial charge on any atom is 0.393 e. The minimum atomic E-state index is -4.31. The van der Waals surface area contributed by atoms with Gasteiger partial charge in [-0.3, -0.25) is 9.48 Å². The Kier molecular flexibility index (Phi) is 8.58. The summed E-state index contributed by atoms with van der Waals surface area (Å²) in [4.78, 5) is 19.7. The van der Waals surface area contributed by atoms with E-state index in [-0.39, 0.29) is 18.3 Å². The molecule has 4 N–H and O–H groups in total. The van der Waals surface area contributed by atoms with Crippen LogP contribution in [0.5, 0.6) is 0 Å². The number of carbonyl (C=O) groups excluding carboxylic acids is 1. The Morgan fingerprint density at radius 2 is 1.77 bits per heavy atom. The Hall–Kier alpha value is -3.09. The second-order valence-electron chi connectivity index (χ2n) is 8.98. The monoisotopic (exact) mass is 506 g/mol. The molecule has 0 bridgehead atoms. The zero-order chi connectivity index (χ0) is 26.6. The van der Waals surface area contributed by atoms with Crippen LogP contribution in [0.3, 0.4) is 0 Å². The Bertz CT molecular complexity index is 1110. The fraction of sp³-hybridized carbons (Fsp3) is 0.500. The molecule has 0 aliphatic carbocycles. The van der Waals surface area contributed by atoms with Crippen molar-refractivity contribution in [3.63, 3.8) is 0 Å². The predicted octanol–water partition coefficient (Wildman–Crippen LogP) is 5.26. The third kappa shape index (κ3) is 8.26. The number of nitrogens with one attached hydrogen (secondary N) is 2. The fourth-order valence-electron chi connectivity index (χ4n) is 2.64.